The number of ether oxygens (including phenoxy) is 2. The van der Waals surface area contributed by atoms with E-state index in [0.29, 0.717) is 37.7 Å². The second-order valence-corrected chi connectivity index (χ2v) is 9.07. The molecule has 0 bridgehead atoms. The standard InChI is InChI=1S/C22H31ClN2O4/c23-17-5-3-15(4-6-17)10-24-22(27)9-19-7-8-20-21(29-19)14-28-13-18(26)12-25(20)11-16-1-2-16/h3-6,16,18-21,26H,1-2,7-14H2,(H,24,27)/t18-,19-,20+,21-/m1/s1. The van der Waals surface area contributed by atoms with E-state index in [1.165, 1.54) is 12.8 Å². The first-order valence-corrected chi connectivity index (χ1v) is 11.1. The van der Waals surface area contributed by atoms with E-state index in [0.717, 1.165) is 30.9 Å². The third-order valence-electron chi connectivity index (χ3n) is 6.09. The first-order chi connectivity index (χ1) is 14.1. The summed E-state index contributed by atoms with van der Waals surface area (Å²) in [7, 11) is 0. The topological polar surface area (TPSA) is 71.0 Å². The van der Waals surface area contributed by atoms with Crippen LogP contribution in [0.3, 0.4) is 0 Å². The van der Waals surface area contributed by atoms with Crippen LogP contribution in [0.25, 0.3) is 0 Å². The lowest BCUT2D eigenvalue weighted by Crippen LogP contribution is -2.56. The van der Waals surface area contributed by atoms with Gasteiger partial charge < -0.3 is 19.9 Å². The highest BCUT2D eigenvalue weighted by Gasteiger charge is 2.39. The number of β-amino-alcohol motifs (C(OH)–C–C–N with tert-alkyl or cyclic N) is 1. The van der Waals surface area contributed by atoms with E-state index in [2.05, 4.69) is 10.2 Å². The third-order valence-corrected chi connectivity index (χ3v) is 6.35. The number of rotatable bonds is 6. The van der Waals surface area contributed by atoms with E-state index < -0.39 is 6.10 Å². The normalized spacial score (nSPS) is 30.8. The maximum absolute atomic E-state index is 12.4. The number of amides is 1. The van der Waals surface area contributed by atoms with Crippen LogP contribution < -0.4 is 5.32 Å². The van der Waals surface area contributed by atoms with Crippen molar-refractivity contribution in [2.24, 2.45) is 5.92 Å². The fourth-order valence-electron chi connectivity index (χ4n) is 4.37. The van der Waals surface area contributed by atoms with Crippen molar-refractivity contribution in [3.63, 3.8) is 0 Å². The molecule has 29 heavy (non-hydrogen) atoms. The average molecular weight is 423 g/mol. The van der Waals surface area contributed by atoms with E-state index in [-0.39, 0.29) is 24.2 Å². The minimum absolute atomic E-state index is 0.000390. The number of hydrogen-bond acceptors (Lipinski definition) is 5. The molecule has 2 heterocycles. The number of halogens is 1. The highest BCUT2D eigenvalue weighted by molar-refractivity contribution is 6.30. The second kappa shape index (κ2) is 9.75. The third kappa shape index (κ3) is 6.15. The van der Waals surface area contributed by atoms with Crippen LogP contribution in [-0.4, -0.2) is 66.6 Å². The number of carbonyl (C=O) groups excluding carboxylic acids is 1. The van der Waals surface area contributed by atoms with Crippen molar-refractivity contribution in [1.29, 1.82) is 0 Å². The van der Waals surface area contributed by atoms with Crippen molar-refractivity contribution < 1.29 is 19.4 Å². The molecule has 0 spiro atoms. The van der Waals surface area contributed by atoms with Gasteiger partial charge in [-0.15, -0.1) is 0 Å². The number of aliphatic hydroxyl groups is 1. The number of nitrogens with zero attached hydrogens (tertiary/aromatic N) is 1. The molecule has 1 aromatic rings. The van der Waals surface area contributed by atoms with Crippen molar-refractivity contribution in [3.05, 3.63) is 34.9 Å². The molecule has 1 aliphatic carbocycles. The summed E-state index contributed by atoms with van der Waals surface area (Å²) >= 11 is 5.90. The molecule has 0 radical (unpaired) electrons. The maximum Gasteiger partial charge on any atom is 0.222 e. The summed E-state index contributed by atoms with van der Waals surface area (Å²) in [6, 6.07) is 7.75. The Morgan fingerprint density at radius 3 is 2.72 bits per heavy atom. The van der Waals surface area contributed by atoms with Gasteiger partial charge in [0, 0.05) is 30.7 Å². The van der Waals surface area contributed by atoms with Crippen molar-refractivity contribution in [2.45, 2.75) is 63.0 Å². The van der Waals surface area contributed by atoms with Crippen molar-refractivity contribution in [1.82, 2.24) is 10.2 Å². The van der Waals surface area contributed by atoms with E-state index in [9.17, 15) is 9.90 Å². The van der Waals surface area contributed by atoms with E-state index in [1.54, 1.807) is 0 Å². The Kier molecular flexibility index (Phi) is 7.08. The minimum atomic E-state index is -0.439. The van der Waals surface area contributed by atoms with E-state index >= 15 is 0 Å². The summed E-state index contributed by atoms with van der Waals surface area (Å²) in [5, 5.41) is 13.8. The van der Waals surface area contributed by atoms with E-state index in [4.69, 9.17) is 21.1 Å². The van der Waals surface area contributed by atoms with Gasteiger partial charge in [0.2, 0.25) is 5.91 Å². The molecular formula is C22H31ClN2O4. The molecule has 3 fully saturated rings. The molecule has 160 valence electrons. The van der Waals surface area contributed by atoms with Crippen LogP contribution >= 0.6 is 11.6 Å². The first-order valence-electron chi connectivity index (χ1n) is 10.7. The highest BCUT2D eigenvalue weighted by Crippen LogP contribution is 2.34. The molecule has 6 nitrogen and oxygen atoms in total. The molecule has 2 saturated heterocycles. The molecule has 1 aromatic carbocycles. The quantitative estimate of drug-likeness (QED) is 0.736. The van der Waals surface area contributed by atoms with Gasteiger partial charge in [0.25, 0.3) is 0 Å². The van der Waals surface area contributed by atoms with Gasteiger partial charge in [-0.25, -0.2) is 0 Å². The molecule has 0 aromatic heterocycles. The van der Waals surface area contributed by atoms with Crippen molar-refractivity contribution >= 4 is 17.5 Å². The lowest BCUT2D eigenvalue weighted by Gasteiger charge is -2.44. The molecule has 4 atom stereocenters. The predicted molar refractivity (Wildman–Crippen MR) is 111 cm³/mol. The van der Waals surface area contributed by atoms with Crippen molar-refractivity contribution in [3.8, 4) is 0 Å². The maximum atomic E-state index is 12.4. The number of carbonyl (C=O) groups is 1. The van der Waals surface area contributed by atoms with Gasteiger partial charge in [-0.05, 0) is 49.3 Å². The van der Waals surface area contributed by atoms with Gasteiger partial charge in [-0.2, -0.15) is 0 Å². The number of benzene rings is 1. The molecule has 2 aliphatic heterocycles. The van der Waals surface area contributed by atoms with E-state index in [1.807, 2.05) is 24.3 Å². The van der Waals surface area contributed by atoms with Crippen LogP contribution in [0, 0.1) is 5.92 Å². The molecule has 2 N–H and O–H groups in total. The summed E-state index contributed by atoms with van der Waals surface area (Å²) in [6.45, 7) is 3.00. The summed E-state index contributed by atoms with van der Waals surface area (Å²) < 4.78 is 12.0. The second-order valence-electron chi connectivity index (χ2n) is 8.64. The smallest absolute Gasteiger partial charge is 0.222 e. The summed E-state index contributed by atoms with van der Waals surface area (Å²) in [5.74, 6) is 0.764. The Morgan fingerprint density at radius 1 is 1.17 bits per heavy atom. The molecule has 1 amide bonds. The Bertz CT molecular complexity index is 682. The molecule has 7 heteroatoms. The van der Waals surface area contributed by atoms with Crippen molar-refractivity contribution in [2.75, 3.05) is 26.3 Å². The number of nitrogens with one attached hydrogen (secondary N) is 1. The average Bonchev–Trinajstić information content (AvgIpc) is 3.50. The SMILES string of the molecule is O=C(C[C@H]1CC[C@H]2[C@@H](COC[C@H](O)CN2CC2CC2)O1)NCc1ccc(Cl)cc1. The van der Waals surface area contributed by atoms with Crippen LogP contribution in [0.15, 0.2) is 24.3 Å². The lowest BCUT2D eigenvalue weighted by molar-refractivity contribution is -0.157. The van der Waals surface area contributed by atoms with Gasteiger partial charge in [0.05, 0.1) is 37.9 Å². The summed E-state index contributed by atoms with van der Waals surface area (Å²) in [5.41, 5.74) is 1.02. The Balaban J connectivity index is 1.28. The Labute approximate surface area is 177 Å². The van der Waals surface area contributed by atoms with Gasteiger partial charge in [0.15, 0.2) is 0 Å². The zero-order valence-electron chi connectivity index (χ0n) is 16.8. The fraction of sp³-hybridized carbons (Fsp3) is 0.682. The Hall–Kier alpha value is -1.18. The van der Waals surface area contributed by atoms with Crippen LogP contribution in [0.2, 0.25) is 5.02 Å². The summed E-state index contributed by atoms with van der Waals surface area (Å²) in [6.07, 6.45) is 4.21. The first kappa shape index (κ1) is 21.1. The van der Waals surface area contributed by atoms with Crippen LogP contribution in [0.5, 0.6) is 0 Å². The van der Waals surface area contributed by atoms with Crippen LogP contribution in [0.4, 0.5) is 0 Å². The molecular weight excluding hydrogens is 392 g/mol. The Morgan fingerprint density at radius 2 is 1.97 bits per heavy atom. The largest absolute Gasteiger partial charge is 0.389 e. The molecule has 3 aliphatic rings. The number of aliphatic hydroxyl groups excluding tert-OH is 1. The van der Waals surface area contributed by atoms with Gasteiger partial charge >= 0.3 is 0 Å². The monoisotopic (exact) mass is 422 g/mol. The molecule has 0 unspecified atom stereocenters. The zero-order chi connectivity index (χ0) is 20.2. The van der Waals surface area contributed by atoms with Gasteiger partial charge in [-0.3, -0.25) is 9.69 Å². The minimum Gasteiger partial charge on any atom is -0.389 e. The fourth-order valence-corrected chi connectivity index (χ4v) is 4.50. The van der Waals surface area contributed by atoms with Gasteiger partial charge in [0.1, 0.15) is 0 Å². The highest BCUT2D eigenvalue weighted by atomic mass is 35.5. The van der Waals surface area contributed by atoms with Crippen LogP contribution in [-0.2, 0) is 20.8 Å². The predicted octanol–water partition coefficient (Wildman–Crippen LogP) is 2.37. The summed E-state index contributed by atoms with van der Waals surface area (Å²) in [4.78, 5) is 14.8. The lowest BCUT2D eigenvalue weighted by atomic mass is 9.94. The number of hydrogen-bond donors (Lipinski definition) is 2. The molecule has 4 rings (SSSR count). The van der Waals surface area contributed by atoms with Crippen LogP contribution in [0.1, 0.15) is 37.7 Å². The zero-order valence-corrected chi connectivity index (χ0v) is 17.5. The number of fused-ring (bicyclic) bond motifs is 1. The van der Waals surface area contributed by atoms with Gasteiger partial charge in [-0.1, -0.05) is 23.7 Å². The molecule has 1 saturated carbocycles.